The zero-order chi connectivity index (χ0) is 21.1. The molecule has 0 unspecified atom stereocenters. The number of ether oxygens (including phenoxy) is 2. The van der Waals surface area contributed by atoms with Crippen molar-refractivity contribution in [3.63, 3.8) is 0 Å². The van der Waals surface area contributed by atoms with Crippen molar-refractivity contribution in [1.29, 1.82) is 0 Å². The van der Waals surface area contributed by atoms with Gasteiger partial charge in [0.25, 0.3) is 0 Å². The standard InChI is InChI=1S/C20H27N7O3/c1-3-30-19-25-17(21)16-18(26-19)27(20(28)24-16)11-13-5-4-12(8-15(13)29-2)9-23-14-6-7-22-10-14/h4-5,8,14,22-23H,3,6-7,9-11H2,1-2H3,(H,24,28)(H2,21,25,26)/t14-/m1/s1. The third kappa shape index (κ3) is 4.10. The molecule has 1 atom stereocenters. The van der Waals surface area contributed by atoms with Crippen molar-refractivity contribution in [2.75, 3.05) is 32.5 Å². The number of benzene rings is 1. The van der Waals surface area contributed by atoms with Crippen molar-refractivity contribution >= 4 is 17.0 Å². The lowest BCUT2D eigenvalue weighted by atomic mass is 10.1. The fraction of sp³-hybridized carbons (Fsp3) is 0.450. The average molecular weight is 413 g/mol. The summed E-state index contributed by atoms with van der Waals surface area (Å²) in [5, 5.41) is 6.90. The number of nitrogen functional groups attached to an aromatic ring is 1. The molecule has 3 heterocycles. The number of methoxy groups -OCH3 is 1. The highest BCUT2D eigenvalue weighted by Crippen LogP contribution is 2.24. The molecule has 10 heteroatoms. The first kappa shape index (κ1) is 20.2. The van der Waals surface area contributed by atoms with E-state index in [-0.39, 0.29) is 24.1 Å². The van der Waals surface area contributed by atoms with Gasteiger partial charge in [0.1, 0.15) is 11.3 Å². The summed E-state index contributed by atoms with van der Waals surface area (Å²) >= 11 is 0. The van der Waals surface area contributed by atoms with Crippen molar-refractivity contribution < 1.29 is 9.47 Å². The second-order valence-electron chi connectivity index (χ2n) is 7.26. The van der Waals surface area contributed by atoms with Gasteiger partial charge >= 0.3 is 11.7 Å². The number of nitrogens with zero attached hydrogens (tertiary/aromatic N) is 3. The third-order valence-electron chi connectivity index (χ3n) is 5.24. The van der Waals surface area contributed by atoms with Crippen LogP contribution in [0.4, 0.5) is 5.82 Å². The summed E-state index contributed by atoms with van der Waals surface area (Å²) in [5.41, 5.74) is 8.44. The van der Waals surface area contributed by atoms with E-state index in [9.17, 15) is 4.79 Å². The molecule has 0 spiro atoms. The maximum absolute atomic E-state index is 12.6. The molecule has 160 valence electrons. The molecule has 1 aliphatic rings. The minimum Gasteiger partial charge on any atom is -0.496 e. The number of hydrogen-bond donors (Lipinski definition) is 4. The number of aromatic amines is 1. The highest BCUT2D eigenvalue weighted by Gasteiger charge is 2.17. The van der Waals surface area contributed by atoms with Crippen LogP contribution in [0.1, 0.15) is 24.5 Å². The normalized spacial score (nSPS) is 16.3. The smallest absolute Gasteiger partial charge is 0.328 e. The maximum Gasteiger partial charge on any atom is 0.328 e. The van der Waals surface area contributed by atoms with E-state index in [1.165, 1.54) is 4.57 Å². The van der Waals surface area contributed by atoms with Gasteiger partial charge in [-0.25, -0.2) is 4.79 Å². The van der Waals surface area contributed by atoms with Gasteiger partial charge < -0.3 is 30.8 Å². The van der Waals surface area contributed by atoms with E-state index >= 15 is 0 Å². The van der Waals surface area contributed by atoms with Crippen LogP contribution < -0.4 is 31.5 Å². The Morgan fingerprint density at radius 2 is 2.23 bits per heavy atom. The highest BCUT2D eigenvalue weighted by atomic mass is 16.5. The third-order valence-corrected chi connectivity index (χ3v) is 5.24. The first-order chi connectivity index (χ1) is 14.6. The Bertz CT molecular complexity index is 1090. The van der Waals surface area contributed by atoms with Crippen LogP contribution in [-0.4, -0.2) is 52.4 Å². The van der Waals surface area contributed by atoms with Gasteiger partial charge in [0.2, 0.25) is 0 Å². The van der Waals surface area contributed by atoms with E-state index in [0.29, 0.717) is 29.6 Å². The summed E-state index contributed by atoms with van der Waals surface area (Å²) in [5.74, 6) is 0.890. The molecular formula is C20H27N7O3. The molecule has 1 aromatic carbocycles. The predicted octanol–water partition coefficient (Wildman–Crippen LogP) is 0.609. The largest absolute Gasteiger partial charge is 0.496 e. The lowest BCUT2D eigenvalue weighted by Gasteiger charge is -2.14. The molecule has 1 saturated heterocycles. The maximum atomic E-state index is 12.6. The van der Waals surface area contributed by atoms with Gasteiger partial charge in [-0.05, 0) is 31.5 Å². The van der Waals surface area contributed by atoms with Gasteiger partial charge in [-0.3, -0.25) is 4.57 Å². The van der Waals surface area contributed by atoms with Gasteiger partial charge in [-0.15, -0.1) is 0 Å². The quantitative estimate of drug-likeness (QED) is 0.422. The van der Waals surface area contributed by atoms with Crippen molar-refractivity contribution in [1.82, 2.24) is 30.2 Å². The number of nitrogens with one attached hydrogen (secondary N) is 3. The van der Waals surface area contributed by atoms with Crippen LogP contribution in [0.15, 0.2) is 23.0 Å². The van der Waals surface area contributed by atoms with Gasteiger partial charge in [-0.2, -0.15) is 9.97 Å². The zero-order valence-electron chi connectivity index (χ0n) is 17.2. The number of imidazole rings is 1. The van der Waals surface area contributed by atoms with Crippen molar-refractivity contribution in [2.45, 2.75) is 32.5 Å². The summed E-state index contributed by atoms with van der Waals surface area (Å²) in [6.45, 7) is 5.33. The monoisotopic (exact) mass is 413 g/mol. The Balaban J connectivity index is 1.60. The molecule has 1 aliphatic heterocycles. The number of hydrogen-bond acceptors (Lipinski definition) is 8. The summed E-state index contributed by atoms with van der Waals surface area (Å²) < 4.78 is 12.5. The fourth-order valence-corrected chi connectivity index (χ4v) is 3.66. The summed E-state index contributed by atoms with van der Waals surface area (Å²) in [6.07, 6.45) is 1.13. The molecule has 10 nitrogen and oxygen atoms in total. The number of aromatic nitrogens is 4. The molecule has 0 saturated carbocycles. The van der Waals surface area contributed by atoms with Crippen LogP contribution in [0.2, 0.25) is 0 Å². The number of nitrogens with two attached hydrogens (primary N) is 1. The Kier molecular flexibility index (Phi) is 5.86. The second kappa shape index (κ2) is 8.72. The van der Waals surface area contributed by atoms with E-state index in [0.717, 1.165) is 37.2 Å². The molecule has 30 heavy (non-hydrogen) atoms. The van der Waals surface area contributed by atoms with Crippen LogP contribution in [-0.2, 0) is 13.1 Å². The Morgan fingerprint density at radius 1 is 1.37 bits per heavy atom. The highest BCUT2D eigenvalue weighted by molar-refractivity contribution is 5.82. The van der Waals surface area contributed by atoms with Crippen molar-refractivity contribution in [3.05, 3.63) is 39.8 Å². The van der Waals surface area contributed by atoms with Gasteiger partial charge in [0, 0.05) is 24.7 Å². The first-order valence-electron chi connectivity index (χ1n) is 10.1. The van der Waals surface area contributed by atoms with Crippen LogP contribution in [0.25, 0.3) is 11.2 Å². The Morgan fingerprint density at radius 3 is 2.97 bits per heavy atom. The molecule has 4 rings (SSSR count). The minimum absolute atomic E-state index is 0.144. The van der Waals surface area contributed by atoms with E-state index in [1.54, 1.807) is 7.11 Å². The van der Waals surface area contributed by atoms with Gasteiger partial charge in [0.05, 0.1) is 20.3 Å². The molecule has 0 bridgehead atoms. The number of anilines is 1. The Labute approximate surface area is 173 Å². The van der Waals surface area contributed by atoms with Crippen LogP contribution in [0.5, 0.6) is 11.8 Å². The van der Waals surface area contributed by atoms with Gasteiger partial charge in [-0.1, -0.05) is 12.1 Å². The molecule has 5 N–H and O–H groups in total. The average Bonchev–Trinajstić information content (AvgIpc) is 3.36. The molecular weight excluding hydrogens is 386 g/mol. The number of rotatable bonds is 8. The lowest BCUT2D eigenvalue weighted by Crippen LogP contribution is -2.30. The molecule has 2 aromatic heterocycles. The second-order valence-corrected chi connectivity index (χ2v) is 7.26. The van der Waals surface area contributed by atoms with E-state index < -0.39 is 0 Å². The summed E-state index contributed by atoms with van der Waals surface area (Å²) in [4.78, 5) is 23.7. The van der Waals surface area contributed by atoms with Crippen LogP contribution in [0.3, 0.4) is 0 Å². The van der Waals surface area contributed by atoms with Crippen molar-refractivity contribution in [3.8, 4) is 11.8 Å². The topological polar surface area (TPSA) is 132 Å². The molecule has 0 aliphatic carbocycles. The van der Waals surface area contributed by atoms with Crippen molar-refractivity contribution in [2.24, 2.45) is 0 Å². The van der Waals surface area contributed by atoms with E-state index in [4.69, 9.17) is 15.2 Å². The number of H-pyrrole nitrogens is 1. The van der Waals surface area contributed by atoms with E-state index in [2.05, 4.69) is 25.6 Å². The first-order valence-corrected chi connectivity index (χ1v) is 10.1. The predicted molar refractivity (Wildman–Crippen MR) is 114 cm³/mol. The minimum atomic E-state index is -0.318. The molecule has 1 fully saturated rings. The SMILES string of the molecule is CCOc1nc(N)c2[nH]c(=O)n(Cc3ccc(CN[C@@H]4CCNC4)cc3OC)c2n1. The molecule has 0 radical (unpaired) electrons. The van der Waals surface area contributed by atoms with Crippen LogP contribution >= 0.6 is 0 Å². The Hall–Kier alpha value is -3.11. The van der Waals surface area contributed by atoms with Gasteiger partial charge in [0.15, 0.2) is 11.5 Å². The number of fused-ring (bicyclic) bond motifs is 1. The lowest BCUT2D eigenvalue weighted by molar-refractivity contribution is 0.314. The van der Waals surface area contributed by atoms with Crippen LogP contribution in [0, 0.1) is 0 Å². The fourth-order valence-electron chi connectivity index (χ4n) is 3.66. The van der Waals surface area contributed by atoms with E-state index in [1.807, 2.05) is 25.1 Å². The molecule has 3 aromatic rings. The molecule has 0 amide bonds. The zero-order valence-corrected chi connectivity index (χ0v) is 17.2. The summed E-state index contributed by atoms with van der Waals surface area (Å²) in [7, 11) is 1.63. The summed E-state index contributed by atoms with van der Waals surface area (Å²) in [6, 6.07) is 6.65.